The van der Waals surface area contributed by atoms with Crippen LogP contribution >= 0.6 is 0 Å². The summed E-state index contributed by atoms with van der Waals surface area (Å²) in [7, 11) is 0. The van der Waals surface area contributed by atoms with E-state index in [-0.39, 0.29) is 0 Å². The summed E-state index contributed by atoms with van der Waals surface area (Å²) in [5.74, 6) is 1.79. The van der Waals surface area contributed by atoms with Crippen molar-refractivity contribution < 1.29 is 4.74 Å². The second kappa shape index (κ2) is 5.13. The quantitative estimate of drug-likeness (QED) is 0.640. The van der Waals surface area contributed by atoms with E-state index in [0.29, 0.717) is 18.4 Å². The van der Waals surface area contributed by atoms with Gasteiger partial charge in [0.25, 0.3) is 0 Å². The van der Waals surface area contributed by atoms with E-state index in [1.54, 1.807) is 0 Å². The summed E-state index contributed by atoms with van der Waals surface area (Å²) >= 11 is 0. The monoisotopic (exact) mass is 289 g/mol. The number of nitrogens with zero attached hydrogens (tertiary/aromatic N) is 1. The predicted octanol–water partition coefficient (Wildman–Crippen LogP) is 4.82. The van der Waals surface area contributed by atoms with Gasteiger partial charge < -0.3 is 4.74 Å². The molecule has 110 valence electrons. The van der Waals surface area contributed by atoms with Crippen LogP contribution in [0.1, 0.15) is 35.6 Å². The van der Waals surface area contributed by atoms with Crippen molar-refractivity contribution in [2.45, 2.75) is 25.7 Å². The number of rotatable bonds is 1. The molecular weight excluding hydrogens is 270 g/mol. The molecule has 2 atom stereocenters. The van der Waals surface area contributed by atoms with Crippen LogP contribution in [0.3, 0.4) is 0 Å². The molecule has 4 rings (SSSR count). The Hall–Kier alpha value is -2.35. The Morgan fingerprint density at radius 3 is 2.73 bits per heavy atom. The van der Waals surface area contributed by atoms with Gasteiger partial charge in [-0.15, -0.1) is 0 Å². The van der Waals surface area contributed by atoms with Crippen LogP contribution in [0.25, 0.3) is 10.8 Å². The van der Waals surface area contributed by atoms with Crippen molar-refractivity contribution in [3.8, 4) is 5.75 Å². The second-order valence-corrected chi connectivity index (χ2v) is 6.09. The highest BCUT2D eigenvalue weighted by molar-refractivity contribution is 5.86. The van der Waals surface area contributed by atoms with Crippen LogP contribution in [0.15, 0.2) is 54.7 Å². The molecule has 0 saturated carbocycles. The van der Waals surface area contributed by atoms with Gasteiger partial charge in [-0.05, 0) is 35.4 Å². The van der Waals surface area contributed by atoms with E-state index in [1.165, 1.54) is 21.9 Å². The lowest BCUT2D eigenvalue weighted by Gasteiger charge is -2.33. The molecule has 3 aromatic rings. The average molecular weight is 289 g/mol. The minimum atomic E-state index is 0.341. The van der Waals surface area contributed by atoms with Crippen LogP contribution in [-0.2, 0) is 0 Å². The van der Waals surface area contributed by atoms with Crippen LogP contribution < -0.4 is 4.74 Å². The number of aryl methyl sites for hydroxylation is 1. The number of benzene rings is 2. The van der Waals surface area contributed by atoms with Gasteiger partial charge in [0.1, 0.15) is 5.75 Å². The maximum absolute atomic E-state index is 6.04. The number of para-hydroxylation sites is 1. The smallest absolute Gasteiger partial charge is 0.122 e. The number of ether oxygens (including phenoxy) is 1. The van der Waals surface area contributed by atoms with Gasteiger partial charge in [0.05, 0.1) is 6.61 Å². The molecule has 0 radical (unpaired) electrons. The highest BCUT2D eigenvalue weighted by Gasteiger charge is 2.30. The van der Waals surface area contributed by atoms with Gasteiger partial charge in [-0.25, -0.2) is 0 Å². The Morgan fingerprint density at radius 2 is 1.82 bits per heavy atom. The van der Waals surface area contributed by atoms with Crippen molar-refractivity contribution >= 4 is 10.8 Å². The molecule has 2 heteroatoms. The van der Waals surface area contributed by atoms with Crippen LogP contribution in [0, 0.1) is 6.92 Å². The molecule has 0 saturated heterocycles. The molecule has 2 heterocycles. The highest BCUT2D eigenvalue weighted by Crippen LogP contribution is 2.44. The first-order valence-corrected chi connectivity index (χ1v) is 7.81. The molecular formula is C20H19NO. The zero-order valence-electron chi connectivity index (χ0n) is 12.9. The van der Waals surface area contributed by atoms with Gasteiger partial charge in [0, 0.05) is 23.2 Å². The Balaban J connectivity index is 1.88. The summed E-state index contributed by atoms with van der Waals surface area (Å²) in [5.41, 5.74) is 3.74. The fourth-order valence-corrected chi connectivity index (χ4v) is 3.62. The molecule has 22 heavy (non-hydrogen) atoms. The summed E-state index contributed by atoms with van der Waals surface area (Å²) in [6.07, 6.45) is 1.97. The normalized spacial score (nSPS) is 20.5. The van der Waals surface area contributed by atoms with Crippen LogP contribution in [0.2, 0.25) is 0 Å². The van der Waals surface area contributed by atoms with Crippen molar-refractivity contribution in [1.82, 2.24) is 4.98 Å². The first kappa shape index (κ1) is 13.3. The molecule has 1 aromatic heterocycles. The fraction of sp³-hybridized carbons (Fsp3) is 0.250. The molecule has 0 amide bonds. The molecule has 0 bridgehead atoms. The molecule has 0 N–H and O–H groups in total. The van der Waals surface area contributed by atoms with Gasteiger partial charge in [-0.1, -0.05) is 49.4 Å². The van der Waals surface area contributed by atoms with E-state index in [9.17, 15) is 0 Å². The second-order valence-electron chi connectivity index (χ2n) is 6.09. The van der Waals surface area contributed by atoms with E-state index in [2.05, 4.69) is 61.3 Å². The van der Waals surface area contributed by atoms with Crippen LogP contribution in [-0.4, -0.2) is 11.6 Å². The number of aromatic nitrogens is 1. The van der Waals surface area contributed by atoms with E-state index in [1.807, 2.05) is 12.3 Å². The first-order chi connectivity index (χ1) is 10.8. The topological polar surface area (TPSA) is 22.1 Å². The average Bonchev–Trinajstić information content (AvgIpc) is 2.56. The maximum Gasteiger partial charge on any atom is 0.122 e. The molecule has 0 fully saturated rings. The van der Waals surface area contributed by atoms with E-state index in [0.717, 1.165) is 11.4 Å². The standard InChI is InChI=1S/C20H19NO/c1-13-16-8-5-6-10-19(16)22-12-18(13)20-14(2)21-11-15-7-3-4-9-17(15)20/h3-11,13,18H,12H2,1-2H3/t13-,18?/m1/s1. The summed E-state index contributed by atoms with van der Waals surface area (Å²) in [6, 6.07) is 16.9. The fourth-order valence-electron chi connectivity index (χ4n) is 3.62. The van der Waals surface area contributed by atoms with Gasteiger partial charge >= 0.3 is 0 Å². The lowest BCUT2D eigenvalue weighted by atomic mass is 9.79. The van der Waals surface area contributed by atoms with Crippen molar-refractivity contribution in [3.05, 3.63) is 71.5 Å². The molecule has 2 nitrogen and oxygen atoms in total. The van der Waals surface area contributed by atoms with E-state index in [4.69, 9.17) is 4.74 Å². The van der Waals surface area contributed by atoms with Crippen molar-refractivity contribution in [1.29, 1.82) is 0 Å². The third kappa shape index (κ3) is 1.98. The van der Waals surface area contributed by atoms with Crippen molar-refractivity contribution in [2.24, 2.45) is 0 Å². The maximum atomic E-state index is 6.04. The Bertz CT molecular complexity index is 840. The summed E-state index contributed by atoms with van der Waals surface area (Å²) in [5, 5.41) is 2.50. The number of hydrogen-bond donors (Lipinski definition) is 0. The Labute approximate surface area is 130 Å². The Morgan fingerprint density at radius 1 is 1.05 bits per heavy atom. The largest absolute Gasteiger partial charge is 0.493 e. The molecule has 1 aliphatic rings. The minimum absolute atomic E-state index is 0.341. The molecule has 2 aromatic carbocycles. The molecule has 0 aliphatic carbocycles. The molecule has 1 unspecified atom stereocenters. The first-order valence-electron chi connectivity index (χ1n) is 7.81. The summed E-state index contributed by atoms with van der Waals surface area (Å²) in [6.45, 7) is 5.12. The van der Waals surface area contributed by atoms with Crippen molar-refractivity contribution in [3.63, 3.8) is 0 Å². The van der Waals surface area contributed by atoms with Gasteiger partial charge in [0.2, 0.25) is 0 Å². The SMILES string of the molecule is Cc1ncc2ccccc2c1C1COc2ccccc2[C@H]1C. The molecule has 0 spiro atoms. The lowest BCUT2D eigenvalue weighted by molar-refractivity contribution is 0.243. The Kier molecular flexibility index (Phi) is 3.11. The zero-order chi connectivity index (χ0) is 15.1. The third-order valence-corrected chi connectivity index (χ3v) is 4.84. The highest BCUT2D eigenvalue weighted by atomic mass is 16.5. The summed E-state index contributed by atoms with van der Waals surface area (Å²) in [4.78, 5) is 4.62. The molecule has 1 aliphatic heterocycles. The number of fused-ring (bicyclic) bond motifs is 2. The summed E-state index contributed by atoms with van der Waals surface area (Å²) < 4.78 is 6.04. The van der Waals surface area contributed by atoms with Gasteiger partial charge in [-0.3, -0.25) is 4.98 Å². The van der Waals surface area contributed by atoms with E-state index >= 15 is 0 Å². The zero-order valence-corrected chi connectivity index (χ0v) is 12.9. The van der Waals surface area contributed by atoms with Crippen LogP contribution in [0.4, 0.5) is 0 Å². The number of pyridine rings is 1. The van der Waals surface area contributed by atoms with Crippen LogP contribution in [0.5, 0.6) is 5.75 Å². The van der Waals surface area contributed by atoms with Gasteiger partial charge in [-0.2, -0.15) is 0 Å². The lowest BCUT2D eigenvalue weighted by Crippen LogP contribution is -2.23. The third-order valence-electron chi connectivity index (χ3n) is 4.84. The van der Waals surface area contributed by atoms with E-state index < -0.39 is 0 Å². The predicted molar refractivity (Wildman–Crippen MR) is 89.6 cm³/mol. The minimum Gasteiger partial charge on any atom is -0.493 e. The van der Waals surface area contributed by atoms with Crippen molar-refractivity contribution in [2.75, 3.05) is 6.61 Å². The number of hydrogen-bond acceptors (Lipinski definition) is 2. The van der Waals surface area contributed by atoms with Gasteiger partial charge in [0.15, 0.2) is 0 Å².